The SMILES string of the molecule is O=S(=O)([O-])NC1CCCSC1.[Li+]. The van der Waals surface area contributed by atoms with Crippen molar-refractivity contribution < 1.29 is 31.8 Å². The van der Waals surface area contributed by atoms with Crippen molar-refractivity contribution in [2.75, 3.05) is 11.5 Å². The average Bonchev–Trinajstić information content (AvgIpc) is 1.85. The average molecular weight is 203 g/mol. The third kappa shape index (κ3) is 5.46. The van der Waals surface area contributed by atoms with Crippen molar-refractivity contribution in [1.82, 2.24) is 4.72 Å². The summed E-state index contributed by atoms with van der Waals surface area (Å²) in [5.74, 6) is 1.79. The van der Waals surface area contributed by atoms with Crippen molar-refractivity contribution in [2.24, 2.45) is 0 Å². The molecular formula is C5H10LiNO3S2. The van der Waals surface area contributed by atoms with Crippen LogP contribution in [0.4, 0.5) is 0 Å². The maximum absolute atomic E-state index is 10.2. The first-order valence-electron chi connectivity index (χ1n) is 3.39. The minimum absolute atomic E-state index is 0. The van der Waals surface area contributed by atoms with Crippen LogP contribution in [0.3, 0.4) is 0 Å². The van der Waals surface area contributed by atoms with Crippen LogP contribution >= 0.6 is 11.8 Å². The Morgan fingerprint density at radius 2 is 2.17 bits per heavy atom. The summed E-state index contributed by atoms with van der Waals surface area (Å²) in [5.41, 5.74) is 0. The summed E-state index contributed by atoms with van der Waals surface area (Å²) < 4.78 is 32.7. The van der Waals surface area contributed by atoms with E-state index in [0.717, 1.165) is 24.3 Å². The second-order valence-corrected chi connectivity index (χ2v) is 4.78. The summed E-state index contributed by atoms with van der Waals surface area (Å²) in [6, 6.07) is -0.142. The van der Waals surface area contributed by atoms with E-state index in [1.165, 1.54) is 0 Å². The zero-order valence-corrected chi connectivity index (χ0v) is 8.58. The van der Waals surface area contributed by atoms with E-state index in [2.05, 4.69) is 4.72 Å². The molecule has 0 aliphatic carbocycles. The Balaban J connectivity index is 0.00000121. The van der Waals surface area contributed by atoms with Gasteiger partial charge in [-0.1, -0.05) is 0 Å². The van der Waals surface area contributed by atoms with E-state index < -0.39 is 10.3 Å². The van der Waals surface area contributed by atoms with Gasteiger partial charge in [0.05, 0.1) is 0 Å². The summed E-state index contributed by atoms with van der Waals surface area (Å²) in [6.07, 6.45) is 1.77. The predicted octanol–water partition coefficient (Wildman–Crippen LogP) is -3.06. The van der Waals surface area contributed by atoms with E-state index in [1.54, 1.807) is 11.8 Å². The monoisotopic (exact) mass is 203 g/mol. The quantitative estimate of drug-likeness (QED) is 0.382. The summed E-state index contributed by atoms with van der Waals surface area (Å²) in [4.78, 5) is 0. The van der Waals surface area contributed by atoms with Crippen LogP contribution in [-0.4, -0.2) is 30.5 Å². The molecule has 0 radical (unpaired) electrons. The van der Waals surface area contributed by atoms with E-state index in [4.69, 9.17) is 0 Å². The molecule has 1 atom stereocenters. The van der Waals surface area contributed by atoms with Gasteiger partial charge in [-0.3, -0.25) is 0 Å². The maximum atomic E-state index is 10.2. The van der Waals surface area contributed by atoms with Crippen LogP contribution in [0.2, 0.25) is 0 Å². The smallest absolute Gasteiger partial charge is 0.735 e. The van der Waals surface area contributed by atoms with Crippen molar-refractivity contribution in [1.29, 1.82) is 0 Å². The molecule has 4 nitrogen and oxygen atoms in total. The van der Waals surface area contributed by atoms with Crippen LogP contribution in [0.15, 0.2) is 0 Å². The first kappa shape index (κ1) is 12.8. The Bertz CT molecular complexity index is 213. The van der Waals surface area contributed by atoms with Gasteiger partial charge in [-0.2, -0.15) is 11.8 Å². The molecule has 0 spiro atoms. The number of rotatable bonds is 2. The Morgan fingerprint density at radius 1 is 1.50 bits per heavy atom. The molecule has 1 fully saturated rings. The number of hydrogen-bond acceptors (Lipinski definition) is 4. The molecule has 0 aromatic carbocycles. The topological polar surface area (TPSA) is 69.2 Å². The number of thioether (sulfide) groups is 1. The molecule has 0 saturated carbocycles. The second kappa shape index (κ2) is 5.53. The van der Waals surface area contributed by atoms with E-state index in [0.29, 0.717) is 0 Å². The molecule has 0 bridgehead atoms. The zero-order chi connectivity index (χ0) is 8.32. The molecule has 7 heteroatoms. The predicted molar refractivity (Wildman–Crippen MR) is 43.2 cm³/mol. The summed E-state index contributed by atoms with van der Waals surface area (Å²) in [5, 5.41) is 0. The Labute approximate surface area is 88.9 Å². The first-order valence-corrected chi connectivity index (χ1v) is 5.95. The standard InChI is InChI=1S/C5H11NO3S2.Li/c7-11(8,9)6-5-2-1-3-10-4-5;/h5-6H,1-4H2,(H,7,8,9);/q;+1/p-1. The van der Waals surface area contributed by atoms with Crippen molar-refractivity contribution >= 4 is 22.1 Å². The molecule has 1 saturated heterocycles. The largest absolute Gasteiger partial charge is 1.00 e. The van der Waals surface area contributed by atoms with Crippen LogP contribution in [0.5, 0.6) is 0 Å². The molecule has 1 unspecified atom stereocenters. The Kier molecular flexibility index (Phi) is 5.90. The van der Waals surface area contributed by atoms with Crippen molar-refractivity contribution in [3.63, 3.8) is 0 Å². The van der Waals surface area contributed by atoms with Crippen molar-refractivity contribution in [2.45, 2.75) is 18.9 Å². The molecule has 1 rings (SSSR count). The molecule has 1 aliphatic heterocycles. The van der Waals surface area contributed by atoms with Gasteiger partial charge in [-0.15, -0.1) is 0 Å². The maximum Gasteiger partial charge on any atom is 1.00 e. The van der Waals surface area contributed by atoms with Gasteiger partial charge >= 0.3 is 18.9 Å². The number of nitrogens with one attached hydrogen (secondary N) is 1. The molecule has 0 aromatic rings. The van der Waals surface area contributed by atoms with Gasteiger partial charge in [0.1, 0.15) is 0 Å². The minimum atomic E-state index is -4.24. The molecular weight excluding hydrogens is 193 g/mol. The van der Waals surface area contributed by atoms with Crippen LogP contribution in [0, 0.1) is 0 Å². The van der Waals surface area contributed by atoms with Crippen LogP contribution < -0.4 is 23.6 Å². The fraction of sp³-hybridized carbons (Fsp3) is 1.00. The summed E-state index contributed by atoms with van der Waals surface area (Å²) in [7, 11) is -4.24. The minimum Gasteiger partial charge on any atom is -0.735 e. The Morgan fingerprint density at radius 3 is 2.58 bits per heavy atom. The van der Waals surface area contributed by atoms with Crippen molar-refractivity contribution in [3.8, 4) is 0 Å². The molecule has 66 valence electrons. The molecule has 1 aliphatic rings. The van der Waals surface area contributed by atoms with E-state index in [9.17, 15) is 13.0 Å². The van der Waals surface area contributed by atoms with Gasteiger partial charge in [0.25, 0.3) is 0 Å². The molecule has 1 N–H and O–H groups in total. The van der Waals surface area contributed by atoms with E-state index in [-0.39, 0.29) is 24.9 Å². The molecule has 1 heterocycles. The third-order valence-electron chi connectivity index (χ3n) is 1.47. The van der Waals surface area contributed by atoms with Crippen LogP contribution in [0.25, 0.3) is 0 Å². The first-order chi connectivity index (χ1) is 5.08. The summed E-state index contributed by atoms with van der Waals surface area (Å²) >= 11 is 1.68. The van der Waals surface area contributed by atoms with Gasteiger partial charge in [-0.25, -0.2) is 13.1 Å². The normalized spacial score (nSPS) is 24.6. The second-order valence-electron chi connectivity index (χ2n) is 2.49. The fourth-order valence-corrected chi connectivity index (χ4v) is 2.82. The zero-order valence-electron chi connectivity index (χ0n) is 6.95. The van der Waals surface area contributed by atoms with Gasteiger partial charge < -0.3 is 4.55 Å². The number of hydrogen-bond donors (Lipinski definition) is 1. The van der Waals surface area contributed by atoms with Crippen molar-refractivity contribution in [3.05, 3.63) is 0 Å². The van der Waals surface area contributed by atoms with Gasteiger partial charge in [0.15, 0.2) is 10.3 Å². The fourth-order valence-electron chi connectivity index (χ4n) is 1.04. The molecule has 0 aromatic heterocycles. The van der Waals surface area contributed by atoms with Gasteiger partial charge in [0, 0.05) is 11.8 Å². The third-order valence-corrected chi connectivity index (χ3v) is 3.31. The van der Waals surface area contributed by atoms with Crippen LogP contribution in [0.1, 0.15) is 12.8 Å². The van der Waals surface area contributed by atoms with E-state index >= 15 is 0 Å². The molecule has 12 heavy (non-hydrogen) atoms. The van der Waals surface area contributed by atoms with Gasteiger partial charge in [-0.05, 0) is 18.6 Å². The van der Waals surface area contributed by atoms with Gasteiger partial charge in [0.2, 0.25) is 0 Å². The van der Waals surface area contributed by atoms with E-state index in [1.807, 2.05) is 0 Å². The Hall–Kier alpha value is 0.817. The summed E-state index contributed by atoms with van der Waals surface area (Å²) in [6.45, 7) is 0. The van der Waals surface area contributed by atoms with Crippen LogP contribution in [-0.2, 0) is 10.3 Å². The molecule has 0 amide bonds.